The molecule has 0 amide bonds. The minimum atomic E-state index is -2.72. The summed E-state index contributed by atoms with van der Waals surface area (Å²) in [7, 11) is 2.11. The summed E-state index contributed by atoms with van der Waals surface area (Å²) in [5, 5.41) is 3.39. The Labute approximate surface area is 228 Å². The third-order valence-corrected chi connectivity index (χ3v) is 7.55. The van der Waals surface area contributed by atoms with Crippen molar-refractivity contribution in [3.8, 4) is 5.82 Å². The van der Waals surface area contributed by atoms with Crippen LogP contribution in [0.15, 0.2) is 30.3 Å². The Bertz CT molecular complexity index is 1190. The molecule has 3 aromatic rings. The summed E-state index contributed by atoms with van der Waals surface area (Å²) < 4.78 is 39.9. The van der Waals surface area contributed by atoms with Gasteiger partial charge in [-0.05, 0) is 37.9 Å². The number of ether oxygens (including phenoxy) is 2. The molecule has 1 N–H and O–H groups in total. The average molecular weight is 544 g/mol. The van der Waals surface area contributed by atoms with Crippen molar-refractivity contribution in [3.63, 3.8) is 0 Å². The minimum Gasteiger partial charge on any atom is -0.379 e. The molecule has 1 aromatic carbocycles. The molecule has 1 aliphatic carbocycles. The zero-order valence-electron chi connectivity index (χ0n) is 22.7. The van der Waals surface area contributed by atoms with Crippen LogP contribution in [0.1, 0.15) is 44.4 Å². The number of hydrogen-bond donors (Lipinski definition) is 1. The first-order valence-corrected chi connectivity index (χ1v) is 14.1. The lowest BCUT2D eigenvalue weighted by molar-refractivity contribution is 0.0503. The van der Waals surface area contributed by atoms with E-state index in [0.29, 0.717) is 60.8 Å². The van der Waals surface area contributed by atoms with Gasteiger partial charge in [-0.3, -0.25) is 4.57 Å². The predicted molar refractivity (Wildman–Crippen MR) is 148 cm³/mol. The van der Waals surface area contributed by atoms with Crippen molar-refractivity contribution in [2.75, 3.05) is 76.4 Å². The van der Waals surface area contributed by atoms with E-state index >= 15 is 0 Å². The summed E-state index contributed by atoms with van der Waals surface area (Å²) in [6.07, 6.45) is 3.49. The van der Waals surface area contributed by atoms with E-state index in [1.165, 1.54) is 36.7 Å². The van der Waals surface area contributed by atoms with Gasteiger partial charge in [-0.15, -0.1) is 0 Å². The summed E-state index contributed by atoms with van der Waals surface area (Å²) in [6, 6.07) is 8.92. The molecule has 0 unspecified atom stereocenters. The van der Waals surface area contributed by atoms with Gasteiger partial charge in [-0.25, -0.2) is 13.8 Å². The summed E-state index contributed by atoms with van der Waals surface area (Å²) in [4.78, 5) is 17.9. The number of rotatable bonds is 6. The van der Waals surface area contributed by atoms with Gasteiger partial charge in [0.1, 0.15) is 11.6 Å². The lowest BCUT2D eigenvalue weighted by atomic mass is 9.89. The van der Waals surface area contributed by atoms with Crippen molar-refractivity contribution >= 4 is 22.8 Å². The maximum Gasteiger partial charge on any atom is 0.296 e. The molecule has 9 nitrogen and oxygen atoms in total. The summed E-state index contributed by atoms with van der Waals surface area (Å²) in [5.41, 5.74) is 1.12. The minimum absolute atomic E-state index is 0.309. The monoisotopic (exact) mass is 543 g/mol. The molecule has 1 saturated carbocycles. The fourth-order valence-electron chi connectivity index (χ4n) is 5.28. The van der Waals surface area contributed by atoms with Crippen LogP contribution >= 0.6 is 0 Å². The number of benzene rings is 1. The quantitative estimate of drug-likeness (QED) is 0.486. The fraction of sp³-hybridized carbons (Fsp3) is 0.607. The van der Waals surface area contributed by atoms with E-state index < -0.39 is 6.43 Å². The van der Waals surface area contributed by atoms with Crippen molar-refractivity contribution < 1.29 is 18.3 Å². The fourth-order valence-corrected chi connectivity index (χ4v) is 5.28. The first kappa shape index (κ1) is 27.7. The van der Waals surface area contributed by atoms with Gasteiger partial charge in [-0.1, -0.05) is 31.4 Å². The molecule has 6 rings (SSSR count). The van der Waals surface area contributed by atoms with Gasteiger partial charge in [0.05, 0.1) is 37.5 Å². The molecule has 0 atom stereocenters. The number of nitrogens with one attached hydrogen (secondary N) is 1. The number of hydrogen-bond acceptors (Lipinski definition) is 8. The molecular formula is C28H39F2N7O2. The molecule has 0 bridgehead atoms. The van der Waals surface area contributed by atoms with Crippen LogP contribution in [0.5, 0.6) is 0 Å². The van der Waals surface area contributed by atoms with E-state index in [0.717, 1.165) is 32.8 Å². The SMILES string of the molecule is CN1CCOCC1.FC(F)c1nc2ccccc2n1-c1cc(N2CCOCC2)nc(NCC2CCCCC2)n1. The Morgan fingerprint density at radius 1 is 0.897 bits per heavy atom. The van der Waals surface area contributed by atoms with Gasteiger partial charge < -0.3 is 24.6 Å². The number of imidazole rings is 1. The second kappa shape index (κ2) is 13.5. The molecule has 2 aromatic heterocycles. The second-order valence-corrected chi connectivity index (χ2v) is 10.4. The van der Waals surface area contributed by atoms with Gasteiger partial charge in [0, 0.05) is 38.8 Å². The molecule has 4 heterocycles. The highest BCUT2D eigenvalue weighted by atomic mass is 19.3. The second-order valence-electron chi connectivity index (χ2n) is 10.4. The summed E-state index contributed by atoms with van der Waals surface area (Å²) in [5.74, 6) is 1.86. The lowest BCUT2D eigenvalue weighted by Crippen LogP contribution is -2.37. The standard InChI is InChI=1S/C23H28F2N6O.C5H11NO/c24-21(25)22-27-17-8-4-5-9-18(17)31(22)20-14-19(30-10-12-32-13-11-30)28-23(29-20)26-15-16-6-2-1-3-7-16;1-6-2-4-7-5-3-6/h4-5,8-9,14,16,21H,1-3,6-7,10-13,15H2,(H,26,28,29);2-5H2,1H3. The molecule has 0 spiro atoms. The number of para-hydroxylation sites is 2. The van der Waals surface area contributed by atoms with E-state index in [1.54, 1.807) is 24.3 Å². The number of nitrogens with zero attached hydrogens (tertiary/aromatic N) is 6. The first-order chi connectivity index (χ1) is 19.1. The van der Waals surface area contributed by atoms with Crippen LogP contribution in [0.25, 0.3) is 16.9 Å². The maximum absolute atomic E-state index is 13.9. The van der Waals surface area contributed by atoms with Gasteiger partial charge in [0.25, 0.3) is 6.43 Å². The highest BCUT2D eigenvalue weighted by Crippen LogP contribution is 2.30. The van der Waals surface area contributed by atoms with Crippen molar-refractivity contribution in [2.45, 2.75) is 38.5 Å². The number of fused-ring (bicyclic) bond motifs is 1. The largest absolute Gasteiger partial charge is 0.379 e. The molecule has 2 aliphatic heterocycles. The Balaban J connectivity index is 0.000000384. The molecule has 39 heavy (non-hydrogen) atoms. The highest BCUT2D eigenvalue weighted by molar-refractivity contribution is 5.78. The van der Waals surface area contributed by atoms with E-state index in [9.17, 15) is 8.78 Å². The van der Waals surface area contributed by atoms with Crippen LogP contribution in [0, 0.1) is 5.92 Å². The summed E-state index contributed by atoms with van der Waals surface area (Å²) >= 11 is 0. The third-order valence-electron chi connectivity index (χ3n) is 7.55. The predicted octanol–water partition coefficient (Wildman–Crippen LogP) is 4.53. The lowest BCUT2D eigenvalue weighted by Gasteiger charge is -2.28. The zero-order valence-corrected chi connectivity index (χ0v) is 22.7. The highest BCUT2D eigenvalue weighted by Gasteiger charge is 2.23. The molecular weight excluding hydrogens is 504 g/mol. The molecule has 0 radical (unpaired) electrons. The number of likely N-dealkylation sites (N-methyl/N-ethyl adjacent to an activating group) is 1. The molecule has 11 heteroatoms. The smallest absolute Gasteiger partial charge is 0.296 e. The van der Waals surface area contributed by atoms with Crippen molar-refractivity contribution in [3.05, 3.63) is 36.2 Å². The van der Waals surface area contributed by atoms with Crippen LogP contribution in [0.2, 0.25) is 0 Å². The normalized spacial score (nSPS) is 19.2. The van der Waals surface area contributed by atoms with Crippen LogP contribution in [0.3, 0.4) is 0 Å². The van der Waals surface area contributed by atoms with E-state index in [2.05, 4.69) is 32.1 Å². The van der Waals surface area contributed by atoms with E-state index in [4.69, 9.17) is 14.5 Å². The average Bonchev–Trinajstić information content (AvgIpc) is 3.38. The number of morpholine rings is 2. The topological polar surface area (TPSA) is 80.6 Å². The Morgan fingerprint density at radius 2 is 1.56 bits per heavy atom. The maximum atomic E-state index is 13.9. The van der Waals surface area contributed by atoms with Crippen molar-refractivity contribution in [1.29, 1.82) is 0 Å². The Hall–Kier alpha value is -2.89. The van der Waals surface area contributed by atoms with E-state index in [1.807, 2.05) is 6.07 Å². The molecule has 2 saturated heterocycles. The van der Waals surface area contributed by atoms with Gasteiger partial charge in [-0.2, -0.15) is 9.97 Å². The Morgan fingerprint density at radius 3 is 2.23 bits per heavy atom. The van der Waals surface area contributed by atoms with Crippen LogP contribution in [-0.4, -0.2) is 90.6 Å². The van der Waals surface area contributed by atoms with Crippen molar-refractivity contribution in [1.82, 2.24) is 24.4 Å². The summed E-state index contributed by atoms with van der Waals surface area (Å²) in [6.45, 7) is 7.43. The Kier molecular flexibility index (Phi) is 9.54. The number of halogens is 2. The third kappa shape index (κ3) is 7.20. The van der Waals surface area contributed by atoms with Gasteiger partial charge in [0.2, 0.25) is 5.95 Å². The molecule has 3 fully saturated rings. The van der Waals surface area contributed by atoms with E-state index in [-0.39, 0.29) is 5.82 Å². The van der Waals surface area contributed by atoms with Gasteiger partial charge in [0.15, 0.2) is 5.82 Å². The number of alkyl halides is 2. The van der Waals surface area contributed by atoms with Crippen molar-refractivity contribution in [2.24, 2.45) is 5.92 Å². The molecule has 212 valence electrons. The number of anilines is 2. The van der Waals surface area contributed by atoms with Gasteiger partial charge >= 0.3 is 0 Å². The van der Waals surface area contributed by atoms with Crippen LogP contribution < -0.4 is 10.2 Å². The van der Waals surface area contributed by atoms with Crippen LogP contribution in [0.4, 0.5) is 20.5 Å². The first-order valence-electron chi connectivity index (χ1n) is 14.1. The molecule has 3 aliphatic rings. The zero-order chi connectivity index (χ0) is 27.0. The number of aromatic nitrogens is 4. The van der Waals surface area contributed by atoms with Crippen LogP contribution in [-0.2, 0) is 9.47 Å².